The zero-order valence-electron chi connectivity index (χ0n) is 11.0. The van der Waals surface area contributed by atoms with E-state index in [9.17, 15) is 0 Å². The van der Waals surface area contributed by atoms with Crippen molar-refractivity contribution < 1.29 is 0 Å². The molecule has 2 heterocycles. The second kappa shape index (κ2) is 5.33. The lowest BCUT2D eigenvalue weighted by Gasteiger charge is -2.25. The molecule has 2 aromatic heterocycles. The highest BCUT2D eigenvalue weighted by Crippen LogP contribution is 2.27. The van der Waals surface area contributed by atoms with Gasteiger partial charge in [0, 0.05) is 23.7 Å². The highest BCUT2D eigenvalue weighted by Gasteiger charge is 2.19. The summed E-state index contributed by atoms with van der Waals surface area (Å²) in [5.41, 5.74) is 0.951. The van der Waals surface area contributed by atoms with Crippen molar-refractivity contribution in [2.45, 2.75) is 38.0 Å². The maximum Gasteiger partial charge on any atom is 0.254 e. The van der Waals surface area contributed by atoms with Gasteiger partial charge in [0.25, 0.3) is 5.78 Å². The first-order chi connectivity index (χ1) is 9.22. The van der Waals surface area contributed by atoms with Crippen LogP contribution in [0.1, 0.15) is 31.4 Å². The topological polar surface area (TPSA) is 55.1 Å². The molecule has 1 aliphatic carbocycles. The molecule has 0 aromatic carbocycles. The first-order valence-corrected chi connectivity index (χ1v) is 7.21. The highest BCUT2D eigenvalue weighted by molar-refractivity contribution is 6.20. The Morgan fingerprint density at radius 1 is 1.37 bits per heavy atom. The average Bonchev–Trinajstić information content (AvgIpc) is 2.85. The number of rotatable bonds is 3. The van der Waals surface area contributed by atoms with Gasteiger partial charge in [-0.1, -0.05) is 0 Å². The maximum atomic E-state index is 6.13. The predicted octanol–water partition coefficient (Wildman–Crippen LogP) is 2.64. The van der Waals surface area contributed by atoms with Gasteiger partial charge in [0.2, 0.25) is 0 Å². The minimum absolute atomic E-state index is 0.376. The van der Waals surface area contributed by atoms with E-state index >= 15 is 0 Å². The van der Waals surface area contributed by atoms with Crippen molar-refractivity contribution in [1.82, 2.24) is 19.6 Å². The van der Waals surface area contributed by atoms with E-state index in [0.29, 0.717) is 17.1 Å². The van der Waals surface area contributed by atoms with E-state index in [0.717, 1.165) is 30.9 Å². The minimum Gasteiger partial charge on any atom is -0.370 e. The summed E-state index contributed by atoms with van der Waals surface area (Å²) in [6.07, 6.45) is 6.19. The number of anilines is 1. The van der Waals surface area contributed by atoms with E-state index in [1.807, 2.05) is 13.0 Å². The van der Waals surface area contributed by atoms with Gasteiger partial charge in [-0.05, 0) is 38.5 Å². The van der Waals surface area contributed by atoms with Crippen molar-refractivity contribution in [2.75, 3.05) is 11.9 Å². The fourth-order valence-corrected chi connectivity index (χ4v) is 2.88. The molecule has 0 unspecified atom stereocenters. The number of aryl methyl sites for hydroxylation is 1. The van der Waals surface area contributed by atoms with Crippen LogP contribution >= 0.6 is 11.6 Å². The summed E-state index contributed by atoms with van der Waals surface area (Å²) in [5.74, 6) is 2.31. The Balaban J connectivity index is 1.69. The maximum absolute atomic E-state index is 6.13. The summed E-state index contributed by atoms with van der Waals surface area (Å²) in [6, 6.07) is 2.01. The molecule has 5 nitrogen and oxygen atoms in total. The number of aromatic nitrogens is 4. The first kappa shape index (κ1) is 12.7. The predicted molar refractivity (Wildman–Crippen MR) is 75.6 cm³/mol. The van der Waals surface area contributed by atoms with Gasteiger partial charge in [0.15, 0.2) is 0 Å². The van der Waals surface area contributed by atoms with Crippen molar-refractivity contribution in [1.29, 1.82) is 0 Å². The van der Waals surface area contributed by atoms with Gasteiger partial charge in [-0.2, -0.15) is 14.6 Å². The van der Waals surface area contributed by atoms with Crippen LogP contribution < -0.4 is 5.32 Å². The summed E-state index contributed by atoms with van der Waals surface area (Å²) in [5, 5.41) is 8.05. The Morgan fingerprint density at radius 3 is 2.95 bits per heavy atom. The summed E-state index contributed by atoms with van der Waals surface area (Å²) >= 11 is 6.13. The van der Waals surface area contributed by atoms with Crippen LogP contribution in [0.4, 0.5) is 5.82 Å². The molecule has 3 rings (SSSR count). The molecule has 6 heteroatoms. The van der Waals surface area contributed by atoms with Crippen molar-refractivity contribution in [3.8, 4) is 0 Å². The van der Waals surface area contributed by atoms with Crippen molar-refractivity contribution in [3.63, 3.8) is 0 Å². The van der Waals surface area contributed by atoms with Crippen LogP contribution in [0.25, 0.3) is 5.78 Å². The Bertz CT molecular complexity index is 559. The third-order valence-electron chi connectivity index (χ3n) is 3.73. The lowest BCUT2D eigenvalue weighted by molar-refractivity contribution is 0.377. The molecule has 0 aliphatic heterocycles. The SMILES string of the molecule is Cc1cc(NCC2CCC(Cl)CC2)n2ncnc2n1. The molecule has 0 atom stereocenters. The zero-order chi connectivity index (χ0) is 13.2. The van der Waals surface area contributed by atoms with Gasteiger partial charge in [-0.15, -0.1) is 11.6 Å². The Kier molecular flexibility index (Phi) is 3.55. The smallest absolute Gasteiger partial charge is 0.254 e. The van der Waals surface area contributed by atoms with Crippen molar-refractivity contribution >= 4 is 23.2 Å². The molecule has 0 saturated heterocycles. The largest absolute Gasteiger partial charge is 0.370 e. The molecule has 1 N–H and O–H groups in total. The van der Waals surface area contributed by atoms with Crippen molar-refractivity contribution in [2.24, 2.45) is 5.92 Å². The number of alkyl halides is 1. The fourth-order valence-electron chi connectivity index (χ4n) is 2.63. The van der Waals surface area contributed by atoms with Crippen LogP contribution in [0.3, 0.4) is 0 Å². The zero-order valence-corrected chi connectivity index (χ0v) is 11.8. The molecule has 19 heavy (non-hydrogen) atoms. The summed E-state index contributed by atoms with van der Waals surface area (Å²) in [4.78, 5) is 8.46. The van der Waals surface area contributed by atoms with E-state index < -0.39 is 0 Å². The Labute approximate surface area is 117 Å². The number of hydrogen-bond donors (Lipinski definition) is 1. The van der Waals surface area contributed by atoms with Gasteiger partial charge in [0.05, 0.1) is 0 Å². The third-order valence-corrected chi connectivity index (χ3v) is 4.16. The van der Waals surface area contributed by atoms with Gasteiger partial charge in [0.1, 0.15) is 12.1 Å². The van der Waals surface area contributed by atoms with E-state index in [2.05, 4.69) is 20.4 Å². The van der Waals surface area contributed by atoms with Crippen LogP contribution in [0.5, 0.6) is 0 Å². The van der Waals surface area contributed by atoms with Crippen LogP contribution in [-0.4, -0.2) is 31.5 Å². The lowest BCUT2D eigenvalue weighted by Crippen LogP contribution is -2.22. The highest BCUT2D eigenvalue weighted by atomic mass is 35.5. The van der Waals surface area contributed by atoms with Crippen LogP contribution in [0.2, 0.25) is 0 Å². The average molecular weight is 280 g/mol. The quantitative estimate of drug-likeness (QED) is 0.878. The van der Waals surface area contributed by atoms with E-state index in [1.165, 1.54) is 19.2 Å². The monoisotopic (exact) mass is 279 g/mol. The molecule has 0 radical (unpaired) electrons. The number of nitrogens with one attached hydrogen (secondary N) is 1. The molecular formula is C13H18ClN5. The van der Waals surface area contributed by atoms with E-state index in [-0.39, 0.29) is 0 Å². The molecule has 1 saturated carbocycles. The third kappa shape index (κ3) is 2.81. The van der Waals surface area contributed by atoms with Gasteiger partial charge < -0.3 is 5.32 Å². The molecule has 102 valence electrons. The van der Waals surface area contributed by atoms with Crippen LogP contribution in [-0.2, 0) is 0 Å². The Hall–Kier alpha value is -1.36. The molecule has 1 fully saturated rings. The van der Waals surface area contributed by atoms with Gasteiger partial charge in [-0.25, -0.2) is 4.98 Å². The number of halogens is 1. The summed E-state index contributed by atoms with van der Waals surface area (Å²) in [6.45, 7) is 2.93. The molecule has 1 aliphatic rings. The second-order valence-corrected chi connectivity index (χ2v) is 5.87. The molecule has 0 amide bonds. The fraction of sp³-hybridized carbons (Fsp3) is 0.615. The van der Waals surface area contributed by atoms with Crippen LogP contribution in [0.15, 0.2) is 12.4 Å². The van der Waals surface area contributed by atoms with E-state index in [1.54, 1.807) is 4.52 Å². The number of nitrogens with zero attached hydrogens (tertiary/aromatic N) is 4. The van der Waals surface area contributed by atoms with E-state index in [4.69, 9.17) is 11.6 Å². The Morgan fingerprint density at radius 2 is 2.16 bits per heavy atom. The van der Waals surface area contributed by atoms with Crippen LogP contribution in [0, 0.1) is 12.8 Å². The number of fused-ring (bicyclic) bond motifs is 1. The summed E-state index contributed by atoms with van der Waals surface area (Å²) < 4.78 is 1.75. The molecule has 2 aromatic rings. The lowest BCUT2D eigenvalue weighted by atomic mass is 9.89. The molecule has 0 bridgehead atoms. The summed E-state index contributed by atoms with van der Waals surface area (Å²) in [7, 11) is 0. The second-order valence-electron chi connectivity index (χ2n) is 5.25. The normalized spacial score (nSPS) is 23.7. The number of hydrogen-bond acceptors (Lipinski definition) is 4. The molecule has 0 spiro atoms. The molecular weight excluding hydrogens is 262 g/mol. The minimum atomic E-state index is 0.376. The standard InChI is InChI=1S/C13H18ClN5/c1-9-6-12(19-13(18-9)16-8-17-19)15-7-10-2-4-11(14)5-3-10/h6,8,10-11,15H,2-5,7H2,1H3. The van der Waals surface area contributed by atoms with Gasteiger partial charge in [-0.3, -0.25) is 0 Å². The van der Waals surface area contributed by atoms with Gasteiger partial charge >= 0.3 is 0 Å². The van der Waals surface area contributed by atoms with Crippen molar-refractivity contribution in [3.05, 3.63) is 18.1 Å². The first-order valence-electron chi connectivity index (χ1n) is 6.77.